The van der Waals surface area contributed by atoms with Gasteiger partial charge in [-0.3, -0.25) is 4.79 Å². The van der Waals surface area contributed by atoms with E-state index in [2.05, 4.69) is 0 Å². The standard InChI is InChI=1S/C25H23ClF3NO3/c1-24(30,23(31)32)14-13-22(16-5-3-2-4-6-16)33-19-10-7-17(8-11-19)25(28,29)18-9-12-21(27)20(26)15-18/h2-12,15,22H,13-14,30H2,1H3,(H,31,32). The lowest BCUT2D eigenvalue weighted by Crippen LogP contribution is -2.45. The number of carboxylic acids is 1. The molecule has 8 heteroatoms. The van der Waals surface area contributed by atoms with Crippen molar-refractivity contribution >= 4 is 17.6 Å². The van der Waals surface area contributed by atoms with Crippen molar-refractivity contribution < 1.29 is 27.8 Å². The normalized spacial score (nSPS) is 14.4. The molecule has 2 unspecified atom stereocenters. The second kappa shape index (κ2) is 9.85. The van der Waals surface area contributed by atoms with Gasteiger partial charge in [0.05, 0.1) is 5.02 Å². The van der Waals surface area contributed by atoms with E-state index in [-0.39, 0.29) is 17.0 Å². The fourth-order valence-corrected chi connectivity index (χ4v) is 3.44. The first-order chi connectivity index (χ1) is 15.5. The van der Waals surface area contributed by atoms with Crippen molar-refractivity contribution in [3.8, 4) is 5.75 Å². The van der Waals surface area contributed by atoms with E-state index < -0.39 is 34.9 Å². The van der Waals surface area contributed by atoms with Crippen LogP contribution < -0.4 is 10.5 Å². The van der Waals surface area contributed by atoms with Crippen LogP contribution in [0.1, 0.15) is 42.6 Å². The minimum Gasteiger partial charge on any atom is -0.486 e. The molecule has 3 aromatic carbocycles. The van der Waals surface area contributed by atoms with E-state index in [1.165, 1.54) is 31.2 Å². The summed E-state index contributed by atoms with van der Waals surface area (Å²) in [7, 11) is 0. The van der Waals surface area contributed by atoms with Crippen molar-refractivity contribution in [3.05, 3.63) is 100 Å². The zero-order valence-corrected chi connectivity index (χ0v) is 18.5. The third-order valence-corrected chi connectivity index (χ3v) is 5.65. The van der Waals surface area contributed by atoms with E-state index in [9.17, 15) is 23.1 Å². The van der Waals surface area contributed by atoms with Gasteiger partial charge in [-0.05, 0) is 67.8 Å². The zero-order chi connectivity index (χ0) is 24.2. The van der Waals surface area contributed by atoms with Crippen LogP contribution in [0.25, 0.3) is 0 Å². The summed E-state index contributed by atoms with van der Waals surface area (Å²) in [6, 6.07) is 17.2. The Morgan fingerprint density at radius 3 is 2.24 bits per heavy atom. The molecule has 0 saturated carbocycles. The van der Waals surface area contributed by atoms with E-state index in [0.29, 0.717) is 12.2 Å². The van der Waals surface area contributed by atoms with Gasteiger partial charge in [-0.1, -0.05) is 41.9 Å². The first-order valence-corrected chi connectivity index (χ1v) is 10.6. The van der Waals surface area contributed by atoms with Gasteiger partial charge in [-0.25, -0.2) is 4.39 Å². The molecule has 3 N–H and O–H groups in total. The predicted octanol–water partition coefficient (Wildman–Crippen LogP) is 6.32. The molecule has 0 aliphatic heterocycles. The molecule has 0 radical (unpaired) electrons. The van der Waals surface area contributed by atoms with Crippen molar-refractivity contribution in [2.45, 2.75) is 37.3 Å². The van der Waals surface area contributed by atoms with Crippen LogP contribution in [-0.4, -0.2) is 16.6 Å². The summed E-state index contributed by atoms with van der Waals surface area (Å²) in [5.41, 5.74) is 4.48. The molecule has 0 bridgehead atoms. The van der Waals surface area contributed by atoms with Crippen LogP contribution in [-0.2, 0) is 10.7 Å². The smallest absolute Gasteiger partial charge is 0.323 e. The molecule has 0 spiro atoms. The molecule has 0 aliphatic carbocycles. The van der Waals surface area contributed by atoms with Gasteiger partial charge >= 0.3 is 5.97 Å². The third-order valence-electron chi connectivity index (χ3n) is 5.36. The monoisotopic (exact) mass is 477 g/mol. The van der Waals surface area contributed by atoms with Crippen LogP contribution in [0, 0.1) is 5.82 Å². The Labute approximate surface area is 194 Å². The van der Waals surface area contributed by atoms with Gasteiger partial charge in [-0.2, -0.15) is 8.78 Å². The lowest BCUT2D eigenvalue weighted by Gasteiger charge is -2.25. The van der Waals surface area contributed by atoms with Gasteiger partial charge in [0.25, 0.3) is 5.92 Å². The SMILES string of the molecule is CC(N)(CCC(Oc1ccc(C(F)(F)c2ccc(F)c(Cl)c2)cc1)c1ccccc1)C(=O)O. The average Bonchev–Trinajstić information content (AvgIpc) is 2.79. The summed E-state index contributed by atoms with van der Waals surface area (Å²) in [4.78, 5) is 11.4. The number of halogens is 4. The minimum atomic E-state index is -3.39. The molecule has 0 aromatic heterocycles. The van der Waals surface area contributed by atoms with E-state index >= 15 is 0 Å². The molecular weight excluding hydrogens is 455 g/mol. The molecular formula is C25H23ClF3NO3. The van der Waals surface area contributed by atoms with Crippen LogP contribution >= 0.6 is 11.6 Å². The van der Waals surface area contributed by atoms with Crippen molar-refractivity contribution in [1.29, 1.82) is 0 Å². The lowest BCUT2D eigenvalue weighted by atomic mass is 9.93. The molecule has 0 heterocycles. The van der Waals surface area contributed by atoms with E-state index in [4.69, 9.17) is 22.1 Å². The topological polar surface area (TPSA) is 72.5 Å². The molecule has 174 valence electrons. The molecule has 3 aromatic rings. The molecule has 0 amide bonds. The summed E-state index contributed by atoms with van der Waals surface area (Å²) in [5.74, 6) is -4.96. The molecule has 0 fully saturated rings. The maximum absolute atomic E-state index is 14.9. The average molecular weight is 478 g/mol. The number of carboxylic acid groups (broad SMARTS) is 1. The number of ether oxygens (including phenoxy) is 1. The van der Waals surface area contributed by atoms with Crippen molar-refractivity contribution in [2.75, 3.05) is 0 Å². The summed E-state index contributed by atoms with van der Waals surface area (Å²) in [6.07, 6.45) is -0.0886. The highest BCUT2D eigenvalue weighted by molar-refractivity contribution is 6.30. The van der Waals surface area contributed by atoms with E-state index in [1.54, 1.807) is 0 Å². The highest BCUT2D eigenvalue weighted by atomic mass is 35.5. The molecule has 0 saturated heterocycles. The first-order valence-electron chi connectivity index (χ1n) is 10.2. The van der Waals surface area contributed by atoms with E-state index in [1.807, 2.05) is 30.3 Å². The van der Waals surface area contributed by atoms with Gasteiger partial charge in [0, 0.05) is 11.1 Å². The molecule has 2 atom stereocenters. The van der Waals surface area contributed by atoms with Gasteiger partial charge in [0.2, 0.25) is 0 Å². The quantitative estimate of drug-likeness (QED) is 0.378. The van der Waals surface area contributed by atoms with Gasteiger partial charge in [0.1, 0.15) is 23.2 Å². The van der Waals surface area contributed by atoms with Crippen molar-refractivity contribution in [2.24, 2.45) is 5.73 Å². The number of aliphatic carboxylic acids is 1. The number of nitrogens with two attached hydrogens (primary N) is 1. The molecule has 33 heavy (non-hydrogen) atoms. The Balaban J connectivity index is 1.81. The van der Waals surface area contributed by atoms with Crippen LogP contribution in [0.2, 0.25) is 5.02 Å². The fraction of sp³-hybridized carbons (Fsp3) is 0.240. The zero-order valence-electron chi connectivity index (χ0n) is 17.8. The second-order valence-electron chi connectivity index (χ2n) is 8.01. The Bertz CT molecular complexity index is 1110. The van der Waals surface area contributed by atoms with Crippen LogP contribution in [0.3, 0.4) is 0 Å². The fourth-order valence-electron chi connectivity index (χ4n) is 3.26. The van der Waals surface area contributed by atoms with Crippen LogP contribution in [0.15, 0.2) is 72.8 Å². The Hall–Kier alpha value is -3.03. The summed E-state index contributed by atoms with van der Waals surface area (Å²) < 4.78 is 49.2. The van der Waals surface area contributed by atoms with Crippen LogP contribution in [0.5, 0.6) is 5.75 Å². The van der Waals surface area contributed by atoms with Gasteiger partial charge in [-0.15, -0.1) is 0 Å². The minimum absolute atomic E-state index is 0.142. The maximum atomic E-state index is 14.9. The largest absolute Gasteiger partial charge is 0.486 e. The summed E-state index contributed by atoms with van der Waals surface area (Å²) in [5, 5.41) is 8.90. The van der Waals surface area contributed by atoms with Gasteiger partial charge in [0.15, 0.2) is 0 Å². The summed E-state index contributed by atoms with van der Waals surface area (Å²) >= 11 is 5.66. The first kappa shape index (κ1) is 24.6. The maximum Gasteiger partial charge on any atom is 0.323 e. The van der Waals surface area contributed by atoms with Crippen molar-refractivity contribution in [1.82, 2.24) is 0 Å². The van der Waals surface area contributed by atoms with Gasteiger partial charge < -0.3 is 15.6 Å². The van der Waals surface area contributed by atoms with E-state index in [0.717, 1.165) is 23.8 Å². The lowest BCUT2D eigenvalue weighted by molar-refractivity contribution is -0.143. The van der Waals surface area contributed by atoms with Crippen molar-refractivity contribution in [3.63, 3.8) is 0 Å². The number of rotatable bonds is 9. The Morgan fingerprint density at radius 1 is 1.06 bits per heavy atom. The number of carbonyl (C=O) groups is 1. The molecule has 3 rings (SSSR count). The molecule has 0 aliphatic rings. The Kier molecular flexibility index (Phi) is 7.34. The van der Waals surface area contributed by atoms with Crippen LogP contribution in [0.4, 0.5) is 13.2 Å². The Morgan fingerprint density at radius 2 is 1.67 bits per heavy atom. The highest BCUT2D eigenvalue weighted by Crippen LogP contribution is 2.38. The number of benzene rings is 3. The third kappa shape index (κ3) is 5.86. The summed E-state index contributed by atoms with van der Waals surface area (Å²) in [6.45, 7) is 1.43. The second-order valence-corrected chi connectivity index (χ2v) is 8.41. The number of hydrogen-bond acceptors (Lipinski definition) is 3. The molecule has 4 nitrogen and oxygen atoms in total. The predicted molar refractivity (Wildman–Crippen MR) is 120 cm³/mol. The number of alkyl halides is 2. The number of hydrogen-bond donors (Lipinski definition) is 2. The highest BCUT2D eigenvalue weighted by Gasteiger charge is 2.35.